The summed E-state index contributed by atoms with van der Waals surface area (Å²) in [5, 5.41) is 7.16. The van der Waals surface area contributed by atoms with E-state index in [1.807, 2.05) is 0 Å². The minimum atomic E-state index is -2.94. The first-order valence-electron chi connectivity index (χ1n) is 12.1. The van der Waals surface area contributed by atoms with Crippen molar-refractivity contribution in [2.75, 3.05) is 25.9 Å². The molecule has 2 heterocycles. The van der Waals surface area contributed by atoms with Crippen molar-refractivity contribution in [2.24, 2.45) is 11.7 Å². The van der Waals surface area contributed by atoms with Gasteiger partial charge < -0.3 is 26.4 Å². The van der Waals surface area contributed by atoms with Crippen LogP contribution in [0, 0.1) is 11.7 Å². The minimum absolute atomic E-state index is 0.00718. The van der Waals surface area contributed by atoms with Gasteiger partial charge in [-0.3, -0.25) is 14.4 Å². The van der Waals surface area contributed by atoms with Crippen molar-refractivity contribution in [3.8, 4) is 17.0 Å². The molecule has 2 aromatic carbocycles. The van der Waals surface area contributed by atoms with Crippen molar-refractivity contribution in [3.63, 3.8) is 0 Å². The number of hydrogen-bond acceptors (Lipinski definition) is 6. The van der Waals surface area contributed by atoms with Gasteiger partial charge in [-0.15, -0.1) is 0 Å². The molecule has 2 aliphatic rings. The number of benzene rings is 2. The van der Waals surface area contributed by atoms with Crippen LogP contribution in [0.25, 0.3) is 11.3 Å². The molecule has 5 rings (SSSR count). The zero-order valence-corrected chi connectivity index (χ0v) is 20.8. The molecule has 1 saturated heterocycles. The van der Waals surface area contributed by atoms with E-state index in [0.717, 1.165) is 6.07 Å². The number of ether oxygens (including phenoxy) is 1. The first-order chi connectivity index (χ1) is 18.5. The van der Waals surface area contributed by atoms with Gasteiger partial charge in [-0.05, 0) is 23.8 Å². The molecule has 0 bridgehead atoms. The van der Waals surface area contributed by atoms with Crippen molar-refractivity contribution in [2.45, 2.75) is 24.9 Å². The van der Waals surface area contributed by atoms with Crippen molar-refractivity contribution in [3.05, 3.63) is 65.0 Å². The lowest BCUT2D eigenvalue weighted by molar-refractivity contribution is -0.140. The van der Waals surface area contributed by atoms with Crippen LogP contribution in [0.1, 0.15) is 38.7 Å². The largest absolute Gasteiger partial charge is 0.496 e. The third-order valence-electron chi connectivity index (χ3n) is 6.92. The number of methoxy groups -OCH3 is 1. The Hall–Kier alpha value is -4.55. The Morgan fingerprint density at radius 2 is 1.82 bits per heavy atom. The maximum Gasteiger partial charge on any atom is 0.260 e. The number of hydrogen-bond donors (Lipinski definition) is 3. The molecule has 1 unspecified atom stereocenters. The molecule has 1 saturated carbocycles. The molecule has 3 amide bonds. The summed E-state index contributed by atoms with van der Waals surface area (Å²) in [6.45, 7) is 0.414. The highest BCUT2D eigenvalue weighted by molar-refractivity contribution is 6.03. The zero-order chi connectivity index (χ0) is 28.1. The highest BCUT2D eigenvalue weighted by Gasteiger charge is 2.63. The summed E-state index contributed by atoms with van der Waals surface area (Å²) in [4.78, 5) is 38.3. The van der Waals surface area contributed by atoms with E-state index in [2.05, 4.69) is 10.4 Å². The molecular formula is C26H25F3N6O4. The molecule has 1 aliphatic carbocycles. The van der Waals surface area contributed by atoms with Gasteiger partial charge in [-0.25, -0.2) is 17.9 Å². The number of halogens is 3. The Balaban J connectivity index is 1.28. The Kier molecular flexibility index (Phi) is 6.44. The van der Waals surface area contributed by atoms with Crippen LogP contribution in [0.2, 0.25) is 0 Å². The number of nitrogens with one attached hydrogen (secondary N) is 1. The number of aromatic nitrogens is 2. The van der Waals surface area contributed by atoms with Gasteiger partial charge in [0.1, 0.15) is 34.6 Å². The average molecular weight is 543 g/mol. The van der Waals surface area contributed by atoms with E-state index in [1.165, 1.54) is 28.8 Å². The molecular weight excluding hydrogens is 517 g/mol. The number of nitrogen functional groups attached to an aromatic ring is 1. The van der Waals surface area contributed by atoms with E-state index >= 15 is 0 Å². The number of carbonyl (C=O) groups is 3. The molecule has 0 spiro atoms. The highest BCUT2D eigenvalue weighted by atomic mass is 19.3. The maximum absolute atomic E-state index is 13.6. The molecule has 13 heteroatoms. The van der Waals surface area contributed by atoms with Crippen LogP contribution in [0.3, 0.4) is 0 Å². The third kappa shape index (κ3) is 4.87. The number of nitrogens with zero attached hydrogens (tertiary/aromatic N) is 3. The molecule has 204 valence electrons. The standard InChI is InChI=1S/C26H25F3N6O4/c1-39-19-7-6-15(27)8-17(19)24(37)32-10-13-2-4-14(5-3-13)21-20(23(31)36)22(30)35(33-21)16-11-34(12-16)25(38)18-9-26(18,28)29/h2-8,16,18H,9-12,30H2,1H3,(H2,31,36)(H,32,37). The van der Waals surface area contributed by atoms with Crippen LogP contribution in [0.15, 0.2) is 42.5 Å². The number of primary amides is 1. The van der Waals surface area contributed by atoms with Crippen molar-refractivity contribution >= 4 is 23.5 Å². The first kappa shape index (κ1) is 26.1. The van der Waals surface area contributed by atoms with E-state index in [9.17, 15) is 27.6 Å². The van der Waals surface area contributed by atoms with E-state index < -0.39 is 41.8 Å². The second-order valence-corrected chi connectivity index (χ2v) is 9.56. The number of alkyl halides is 2. The summed E-state index contributed by atoms with van der Waals surface area (Å²) in [7, 11) is 1.38. The number of rotatable bonds is 8. The summed E-state index contributed by atoms with van der Waals surface area (Å²) in [6, 6.07) is 10.0. The van der Waals surface area contributed by atoms with Gasteiger partial charge in [0.05, 0.1) is 18.7 Å². The summed E-state index contributed by atoms with van der Waals surface area (Å²) < 4.78 is 46.6. The second-order valence-electron chi connectivity index (χ2n) is 9.56. The smallest absolute Gasteiger partial charge is 0.260 e. The van der Waals surface area contributed by atoms with Crippen LogP contribution in [0.4, 0.5) is 19.0 Å². The minimum Gasteiger partial charge on any atom is -0.496 e. The highest BCUT2D eigenvalue weighted by Crippen LogP contribution is 2.50. The molecule has 1 aromatic heterocycles. The quantitative estimate of drug-likeness (QED) is 0.398. The lowest BCUT2D eigenvalue weighted by Crippen LogP contribution is -2.52. The zero-order valence-electron chi connectivity index (χ0n) is 20.8. The van der Waals surface area contributed by atoms with E-state index in [1.54, 1.807) is 24.3 Å². The Labute approximate surface area is 220 Å². The summed E-state index contributed by atoms with van der Waals surface area (Å²) >= 11 is 0. The fourth-order valence-electron chi connectivity index (χ4n) is 4.58. The molecule has 39 heavy (non-hydrogen) atoms. The van der Waals surface area contributed by atoms with E-state index in [-0.39, 0.29) is 54.1 Å². The second kappa shape index (κ2) is 9.64. The molecule has 1 atom stereocenters. The lowest BCUT2D eigenvalue weighted by atomic mass is 10.0. The fourth-order valence-corrected chi connectivity index (χ4v) is 4.58. The fraction of sp³-hybridized carbons (Fsp3) is 0.308. The van der Waals surface area contributed by atoms with Crippen molar-refractivity contribution < 1.29 is 32.3 Å². The van der Waals surface area contributed by atoms with Gasteiger partial charge in [0.25, 0.3) is 17.7 Å². The Morgan fingerprint density at radius 1 is 1.15 bits per heavy atom. The van der Waals surface area contributed by atoms with E-state index in [4.69, 9.17) is 16.2 Å². The normalized spacial score (nSPS) is 17.8. The predicted molar refractivity (Wildman–Crippen MR) is 133 cm³/mol. The van der Waals surface area contributed by atoms with Gasteiger partial charge in [0, 0.05) is 31.6 Å². The predicted octanol–water partition coefficient (Wildman–Crippen LogP) is 2.35. The third-order valence-corrected chi connectivity index (χ3v) is 6.92. The number of carbonyl (C=O) groups excluding carboxylic acids is 3. The number of amides is 3. The topological polar surface area (TPSA) is 146 Å². The van der Waals surface area contributed by atoms with Crippen molar-refractivity contribution in [1.82, 2.24) is 20.0 Å². The molecule has 5 N–H and O–H groups in total. The van der Waals surface area contributed by atoms with Crippen LogP contribution < -0.4 is 21.5 Å². The average Bonchev–Trinajstić information content (AvgIpc) is 3.39. The van der Waals surface area contributed by atoms with Crippen LogP contribution in [0.5, 0.6) is 5.75 Å². The van der Waals surface area contributed by atoms with Crippen LogP contribution in [-0.4, -0.2) is 58.5 Å². The van der Waals surface area contributed by atoms with Gasteiger partial charge in [-0.2, -0.15) is 5.10 Å². The van der Waals surface area contributed by atoms with Gasteiger partial charge in [0.15, 0.2) is 0 Å². The summed E-state index contributed by atoms with van der Waals surface area (Å²) in [6.07, 6.45) is -0.439. The summed E-state index contributed by atoms with van der Waals surface area (Å²) in [5.74, 6) is -6.44. The Bertz CT molecular complexity index is 1470. The van der Waals surface area contributed by atoms with Gasteiger partial charge in [0.2, 0.25) is 5.91 Å². The number of nitrogens with two attached hydrogens (primary N) is 2. The molecule has 10 nitrogen and oxygen atoms in total. The molecule has 2 fully saturated rings. The SMILES string of the molecule is COc1ccc(F)cc1C(=O)NCc1ccc(-c2nn(C3CN(C(=O)C4CC4(F)F)C3)c(N)c2C(N)=O)cc1. The van der Waals surface area contributed by atoms with Crippen molar-refractivity contribution in [1.29, 1.82) is 0 Å². The lowest BCUT2D eigenvalue weighted by Gasteiger charge is -2.39. The molecule has 1 aliphatic heterocycles. The number of likely N-dealkylation sites (tertiary alicyclic amines) is 1. The van der Waals surface area contributed by atoms with Crippen LogP contribution >= 0.6 is 0 Å². The van der Waals surface area contributed by atoms with Gasteiger partial charge >= 0.3 is 0 Å². The van der Waals surface area contributed by atoms with E-state index in [0.29, 0.717) is 11.1 Å². The Morgan fingerprint density at radius 3 is 2.41 bits per heavy atom. The number of anilines is 1. The van der Waals surface area contributed by atoms with Crippen LogP contribution in [-0.2, 0) is 11.3 Å². The van der Waals surface area contributed by atoms with Gasteiger partial charge in [-0.1, -0.05) is 24.3 Å². The first-order valence-corrected chi connectivity index (χ1v) is 12.1. The molecule has 3 aromatic rings. The maximum atomic E-state index is 13.6. The molecule has 0 radical (unpaired) electrons. The summed E-state index contributed by atoms with van der Waals surface area (Å²) in [5.41, 5.74) is 13.3. The monoisotopic (exact) mass is 542 g/mol.